The first kappa shape index (κ1) is 27.6. The minimum Gasteiger partial charge on any atom is -0.481 e. The number of piperazine rings is 1. The molecule has 3 rings (SSSR count). The summed E-state index contributed by atoms with van der Waals surface area (Å²) < 4.78 is 10.2. The van der Waals surface area contributed by atoms with Crippen LogP contribution in [0.2, 0.25) is 0 Å². The number of urea groups is 1. The molecule has 2 aliphatic rings. The zero-order valence-electron chi connectivity index (χ0n) is 21.5. The molecule has 0 saturated carbocycles. The molecule has 12 nitrogen and oxygen atoms in total. The van der Waals surface area contributed by atoms with Crippen molar-refractivity contribution < 1.29 is 19.1 Å². The number of rotatable bonds is 9. The molecule has 1 aromatic rings. The number of carbonyl (C=O) groups excluding carboxylic acids is 2. The molecule has 0 aliphatic carbocycles. The number of nitrogens with zero attached hydrogens (tertiary/aromatic N) is 5. The van der Waals surface area contributed by atoms with E-state index in [1.807, 2.05) is 18.0 Å². The van der Waals surface area contributed by atoms with Crippen molar-refractivity contribution in [2.45, 2.75) is 12.8 Å². The van der Waals surface area contributed by atoms with Crippen LogP contribution in [0.25, 0.3) is 0 Å². The van der Waals surface area contributed by atoms with Crippen molar-refractivity contribution >= 4 is 29.3 Å². The number of carbonyl (C=O) groups is 2. The van der Waals surface area contributed by atoms with Crippen molar-refractivity contribution in [3.05, 3.63) is 41.2 Å². The van der Waals surface area contributed by atoms with Gasteiger partial charge < -0.3 is 24.6 Å². The number of likely N-dealkylation sites (N-methyl/N-ethyl adjacent to an activating group) is 1. The lowest BCUT2D eigenvalue weighted by molar-refractivity contribution is -0.134. The molecule has 1 aromatic heterocycles. The number of ether oxygens (including phenoxy) is 2. The summed E-state index contributed by atoms with van der Waals surface area (Å²) in [5, 5.41) is 23.4. The van der Waals surface area contributed by atoms with Crippen molar-refractivity contribution in [2.75, 3.05) is 77.8 Å². The summed E-state index contributed by atoms with van der Waals surface area (Å²) in [6, 6.07) is 3.34. The molecule has 0 atom stereocenters. The molecule has 3 N–H and O–H groups in total. The van der Waals surface area contributed by atoms with Crippen molar-refractivity contribution in [3.63, 3.8) is 0 Å². The maximum atomic E-state index is 13.0. The molecular weight excluding hydrogens is 476 g/mol. The van der Waals surface area contributed by atoms with E-state index in [0.717, 1.165) is 25.0 Å². The Morgan fingerprint density at radius 3 is 2.84 bits per heavy atom. The lowest BCUT2D eigenvalue weighted by Gasteiger charge is -2.32. The van der Waals surface area contributed by atoms with Gasteiger partial charge in [-0.15, -0.1) is 0 Å². The second-order valence-electron chi connectivity index (χ2n) is 8.83. The highest BCUT2D eigenvalue weighted by Crippen LogP contribution is 2.21. The third-order valence-electron chi connectivity index (χ3n) is 6.05. The van der Waals surface area contributed by atoms with Gasteiger partial charge in [0.1, 0.15) is 11.9 Å². The molecule has 3 heterocycles. The van der Waals surface area contributed by atoms with Gasteiger partial charge in [0.25, 0.3) is 0 Å². The Balaban J connectivity index is 1.73. The molecule has 0 spiro atoms. The topological polar surface area (TPSA) is 147 Å². The Labute approximate surface area is 217 Å². The summed E-state index contributed by atoms with van der Waals surface area (Å²) in [6.45, 7) is 3.46. The predicted octanol–water partition coefficient (Wildman–Crippen LogP) is 1.85. The fraction of sp³-hybridized carbons (Fsp3) is 0.480. The van der Waals surface area contributed by atoms with Gasteiger partial charge in [0, 0.05) is 57.3 Å². The van der Waals surface area contributed by atoms with Gasteiger partial charge in [-0.25, -0.2) is 9.78 Å². The van der Waals surface area contributed by atoms with Gasteiger partial charge in [0.05, 0.1) is 38.1 Å². The molecule has 0 radical (unpaired) electrons. The van der Waals surface area contributed by atoms with Gasteiger partial charge in [-0.3, -0.25) is 20.4 Å². The maximum Gasteiger partial charge on any atom is 0.327 e. The van der Waals surface area contributed by atoms with Crippen LogP contribution < -0.4 is 10.6 Å². The highest BCUT2D eigenvalue weighted by molar-refractivity contribution is 5.93. The summed E-state index contributed by atoms with van der Waals surface area (Å²) in [7, 11) is 4.93. The second kappa shape index (κ2) is 13.4. The number of allylic oxidation sites excluding steroid dienone is 2. The molecule has 1 fully saturated rings. The number of amides is 3. The predicted molar refractivity (Wildman–Crippen MR) is 139 cm³/mol. The van der Waals surface area contributed by atoms with Crippen LogP contribution in [-0.4, -0.2) is 105 Å². The fourth-order valence-electron chi connectivity index (χ4n) is 4.02. The Morgan fingerprint density at radius 1 is 1.32 bits per heavy atom. The average molecular weight is 511 g/mol. The van der Waals surface area contributed by atoms with Crippen LogP contribution in [-0.2, 0) is 14.3 Å². The monoisotopic (exact) mass is 510 g/mol. The SMILES string of the molecule is COCCNc1cc(NC(=O)N2C=C(/C=C(/CN3CCN(C)CC3=O)C(=N)OC)CCC2)ncc1C#N. The number of methoxy groups -OCH3 is 2. The van der Waals surface area contributed by atoms with E-state index in [4.69, 9.17) is 14.9 Å². The number of pyridine rings is 1. The minimum atomic E-state index is -0.358. The Bertz CT molecular complexity index is 1110. The quantitative estimate of drug-likeness (QED) is 0.259. The first-order chi connectivity index (χ1) is 17.8. The average Bonchev–Trinajstić information content (AvgIpc) is 2.89. The number of nitrogens with one attached hydrogen (secondary N) is 3. The molecule has 0 unspecified atom stereocenters. The third-order valence-corrected chi connectivity index (χ3v) is 6.05. The first-order valence-corrected chi connectivity index (χ1v) is 12.1. The van der Waals surface area contributed by atoms with Crippen LogP contribution in [0.3, 0.4) is 0 Å². The van der Waals surface area contributed by atoms with Gasteiger partial charge >= 0.3 is 6.03 Å². The Hall–Kier alpha value is -3.95. The number of aromatic nitrogens is 1. The molecule has 37 heavy (non-hydrogen) atoms. The normalized spacial score (nSPS) is 16.6. The summed E-state index contributed by atoms with van der Waals surface area (Å²) in [5.41, 5.74) is 2.36. The lowest BCUT2D eigenvalue weighted by atomic mass is 10.0. The highest BCUT2D eigenvalue weighted by Gasteiger charge is 2.24. The molecule has 1 saturated heterocycles. The van der Waals surface area contributed by atoms with Crippen LogP contribution in [0.4, 0.5) is 16.3 Å². The summed E-state index contributed by atoms with van der Waals surface area (Å²) in [5.74, 6) is 0.313. The zero-order chi connectivity index (χ0) is 26.8. The van der Waals surface area contributed by atoms with Gasteiger partial charge in [-0.2, -0.15) is 5.26 Å². The van der Waals surface area contributed by atoms with E-state index in [1.54, 1.807) is 29.2 Å². The lowest BCUT2D eigenvalue weighted by Crippen LogP contribution is -2.49. The molecule has 12 heteroatoms. The van der Waals surface area contributed by atoms with E-state index < -0.39 is 0 Å². The molecule has 3 amide bonds. The van der Waals surface area contributed by atoms with Crippen molar-refractivity contribution in [1.82, 2.24) is 19.7 Å². The van der Waals surface area contributed by atoms with Crippen molar-refractivity contribution in [2.24, 2.45) is 0 Å². The molecular formula is C25H34N8O4. The van der Waals surface area contributed by atoms with E-state index in [0.29, 0.717) is 55.4 Å². The molecule has 2 aliphatic heterocycles. The molecule has 0 bridgehead atoms. The standard InChI is InChI=1S/C25H34N8O4/c1-31-8-9-32(23(34)17-31)16-19(24(27)37-3)11-18-5-4-7-33(15-18)25(35)30-22-12-21(28-6-10-36-2)20(13-26)14-29-22/h11-12,14-15,27H,4-10,16-17H2,1-3H3,(H2,28,29,30,35)/b19-11-,27-24?. The zero-order valence-corrected chi connectivity index (χ0v) is 21.5. The van der Waals surface area contributed by atoms with Crippen molar-refractivity contribution in [3.8, 4) is 6.07 Å². The van der Waals surface area contributed by atoms with Crippen LogP contribution in [0.5, 0.6) is 0 Å². The number of nitriles is 1. The summed E-state index contributed by atoms with van der Waals surface area (Å²) in [6.07, 6.45) is 6.45. The number of hydrogen-bond donors (Lipinski definition) is 3. The maximum absolute atomic E-state index is 13.0. The minimum absolute atomic E-state index is 0.00757. The summed E-state index contributed by atoms with van der Waals surface area (Å²) >= 11 is 0. The van der Waals surface area contributed by atoms with E-state index in [2.05, 4.69) is 21.7 Å². The smallest absolute Gasteiger partial charge is 0.327 e. The third kappa shape index (κ3) is 7.77. The van der Waals surface area contributed by atoms with Crippen LogP contribution in [0.15, 0.2) is 35.7 Å². The number of hydrogen-bond acceptors (Lipinski definition) is 9. The van der Waals surface area contributed by atoms with E-state index >= 15 is 0 Å². The fourth-order valence-corrected chi connectivity index (χ4v) is 4.02. The van der Waals surface area contributed by atoms with Crippen molar-refractivity contribution in [1.29, 1.82) is 10.7 Å². The first-order valence-electron chi connectivity index (χ1n) is 12.1. The summed E-state index contributed by atoms with van der Waals surface area (Å²) in [4.78, 5) is 34.8. The Kier molecular flexibility index (Phi) is 10.00. The van der Waals surface area contributed by atoms with Gasteiger partial charge in [-0.05, 0) is 31.5 Å². The largest absolute Gasteiger partial charge is 0.481 e. The van der Waals surface area contributed by atoms with Gasteiger partial charge in [-0.1, -0.05) is 0 Å². The van der Waals surface area contributed by atoms with Gasteiger partial charge in [0.15, 0.2) is 0 Å². The highest BCUT2D eigenvalue weighted by atomic mass is 16.5. The van der Waals surface area contributed by atoms with Gasteiger partial charge in [0.2, 0.25) is 11.8 Å². The molecule has 198 valence electrons. The van der Waals surface area contributed by atoms with E-state index in [9.17, 15) is 14.9 Å². The molecule has 0 aromatic carbocycles. The van der Waals surface area contributed by atoms with Crippen LogP contribution in [0.1, 0.15) is 18.4 Å². The van der Waals surface area contributed by atoms with Crippen LogP contribution >= 0.6 is 0 Å². The second-order valence-corrected chi connectivity index (χ2v) is 8.83. The number of anilines is 2. The van der Waals surface area contributed by atoms with E-state index in [-0.39, 0.29) is 24.4 Å². The van der Waals surface area contributed by atoms with Crippen LogP contribution in [0, 0.1) is 16.7 Å². The Morgan fingerprint density at radius 2 is 2.14 bits per heavy atom. The van der Waals surface area contributed by atoms with E-state index in [1.165, 1.54) is 13.3 Å².